The molecule has 1 fully saturated rings. The van der Waals surface area contributed by atoms with Crippen molar-refractivity contribution in [2.24, 2.45) is 5.41 Å². The summed E-state index contributed by atoms with van der Waals surface area (Å²) in [5.74, 6) is 0. The molecule has 0 saturated carbocycles. The highest BCUT2D eigenvalue weighted by molar-refractivity contribution is 7.89. The summed E-state index contributed by atoms with van der Waals surface area (Å²) in [6.07, 6.45) is 3.16. The molecular weight excluding hydrogens is 288 g/mol. The minimum Gasteiger partial charge on any atom is -0.306 e. The van der Waals surface area contributed by atoms with Crippen LogP contribution in [0.2, 0.25) is 0 Å². The van der Waals surface area contributed by atoms with Crippen LogP contribution in [-0.4, -0.2) is 45.0 Å². The van der Waals surface area contributed by atoms with E-state index in [1.807, 2.05) is 6.07 Å². The van der Waals surface area contributed by atoms with Crippen LogP contribution in [-0.2, 0) is 10.0 Å². The second-order valence-corrected chi connectivity index (χ2v) is 7.70. The van der Waals surface area contributed by atoms with Gasteiger partial charge in [0.05, 0.1) is 0 Å². The van der Waals surface area contributed by atoms with Crippen molar-refractivity contribution in [2.75, 3.05) is 26.7 Å². The molecule has 0 unspecified atom stereocenters. The van der Waals surface area contributed by atoms with Crippen LogP contribution in [0.15, 0.2) is 23.2 Å². The lowest BCUT2D eigenvalue weighted by Crippen LogP contribution is -2.43. The van der Waals surface area contributed by atoms with Gasteiger partial charge in [-0.25, -0.2) is 18.1 Å². The second kappa shape index (κ2) is 6.10. The first kappa shape index (κ1) is 15.9. The van der Waals surface area contributed by atoms with Crippen molar-refractivity contribution in [3.05, 3.63) is 24.0 Å². The highest BCUT2D eigenvalue weighted by Crippen LogP contribution is 2.29. The Labute approximate surface area is 125 Å². The van der Waals surface area contributed by atoms with Crippen LogP contribution < -0.4 is 4.72 Å². The largest absolute Gasteiger partial charge is 0.306 e. The smallest absolute Gasteiger partial charge is 0.242 e. The van der Waals surface area contributed by atoms with Gasteiger partial charge in [0.1, 0.15) is 16.7 Å². The third-order valence-electron chi connectivity index (χ3n) is 4.04. The zero-order valence-electron chi connectivity index (χ0n) is 12.3. The van der Waals surface area contributed by atoms with Crippen molar-refractivity contribution >= 4 is 10.0 Å². The molecule has 0 bridgehead atoms. The Morgan fingerprint density at radius 1 is 1.43 bits per heavy atom. The summed E-state index contributed by atoms with van der Waals surface area (Å²) in [5, 5.41) is 8.68. The molecule has 2 heterocycles. The monoisotopic (exact) mass is 308 g/mol. The highest BCUT2D eigenvalue weighted by Gasteiger charge is 2.30. The molecule has 1 aliphatic rings. The molecule has 1 aliphatic heterocycles. The van der Waals surface area contributed by atoms with E-state index in [1.165, 1.54) is 18.3 Å². The number of nitrogens with zero attached hydrogens (tertiary/aromatic N) is 3. The molecule has 6 nitrogen and oxygen atoms in total. The Kier molecular flexibility index (Phi) is 4.61. The third kappa shape index (κ3) is 4.00. The predicted octanol–water partition coefficient (Wildman–Crippen LogP) is 0.963. The van der Waals surface area contributed by atoms with Crippen molar-refractivity contribution in [3.63, 3.8) is 0 Å². The standard InChI is InChI=1S/C14H20N4O2S/c1-14(5-7-18(2)8-6-14)11-17-21(19,20)13-4-3-12(9-15)16-10-13/h3-4,10,17H,5-8,11H2,1-2H3. The molecule has 1 N–H and O–H groups in total. The van der Waals surface area contributed by atoms with Crippen LogP contribution in [0.25, 0.3) is 0 Å². The number of rotatable bonds is 4. The molecule has 114 valence electrons. The number of likely N-dealkylation sites (tertiary alicyclic amines) is 1. The minimum atomic E-state index is -3.57. The van der Waals surface area contributed by atoms with Crippen LogP contribution in [0.4, 0.5) is 0 Å². The van der Waals surface area contributed by atoms with Crippen LogP contribution in [0, 0.1) is 16.7 Å². The van der Waals surface area contributed by atoms with Gasteiger partial charge in [-0.2, -0.15) is 5.26 Å². The lowest BCUT2D eigenvalue weighted by Gasteiger charge is -2.37. The fourth-order valence-electron chi connectivity index (χ4n) is 2.29. The van der Waals surface area contributed by atoms with E-state index in [0.29, 0.717) is 6.54 Å². The molecule has 1 aromatic rings. The molecule has 21 heavy (non-hydrogen) atoms. The Bertz CT molecular complexity index is 626. The molecule has 0 spiro atoms. The first-order valence-corrected chi connectivity index (χ1v) is 8.37. The maximum atomic E-state index is 12.2. The van der Waals surface area contributed by atoms with Crippen molar-refractivity contribution in [1.82, 2.24) is 14.6 Å². The number of piperidine rings is 1. The van der Waals surface area contributed by atoms with E-state index in [-0.39, 0.29) is 16.0 Å². The third-order valence-corrected chi connectivity index (χ3v) is 5.43. The first-order chi connectivity index (χ1) is 9.85. The van der Waals surface area contributed by atoms with Gasteiger partial charge in [-0.3, -0.25) is 0 Å². The zero-order chi connectivity index (χ0) is 15.5. The van der Waals surface area contributed by atoms with Gasteiger partial charge in [-0.1, -0.05) is 6.92 Å². The van der Waals surface area contributed by atoms with Crippen molar-refractivity contribution < 1.29 is 8.42 Å². The Morgan fingerprint density at radius 3 is 2.62 bits per heavy atom. The number of hydrogen-bond donors (Lipinski definition) is 1. The maximum absolute atomic E-state index is 12.2. The second-order valence-electron chi connectivity index (χ2n) is 5.93. The van der Waals surface area contributed by atoms with Crippen LogP contribution in [0.5, 0.6) is 0 Å². The molecular formula is C14H20N4O2S. The van der Waals surface area contributed by atoms with E-state index in [1.54, 1.807) is 0 Å². The van der Waals surface area contributed by atoms with Crippen LogP contribution in [0.1, 0.15) is 25.5 Å². The molecule has 1 aromatic heterocycles. The van der Waals surface area contributed by atoms with E-state index in [2.05, 4.69) is 28.6 Å². The van der Waals surface area contributed by atoms with E-state index in [4.69, 9.17) is 5.26 Å². The quantitative estimate of drug-likeness (QED) is 0.895. The maximum Gasteiger partial charge on any atom is 0.242 e. The molecule has 2 rings (SSSR count). The minimum absolute atomic E-state index is 0.0143. The van der Waals surface area contributed by atoms with Crippen molar-refractivity contribution in [3.8, 4) is 6.07 Å². The Hall–Kier alpha value is -1.49. The first-order valence-electron chi connectivity index (χ1n) is 6.89. The van der Waals surface area contributed by atoms with Gasteiger partial charge in [0, 0.05) is 12.7 Å². The number of nitriles is 1. The van der Waals surface area contributed by atoms with Gasteiger partial charge in [0.25, 0.3) is 0 Å². The molecule has 0 aromatic carbocycles. The van der Waals surface area contributed by atoms with Crippen LogP contribution >= 0.6 is 0 Å². The summed E-state index contributed by atoms with van der Waals surface area (Å²) < 4.78 is 27.1. The summed E-state index contributed by atoms with van der Waals surface area (Å²) in [6.45, 7) is 4.50. The van der Waals surface area contributed by atoms with Gasteiger partial charge in [0.15, 0.2) is 0 Å². The SMILES string of the molecule is CN1CCC(C)(CNS(=O)(=O)c2ccc(C#N)nc2)CC1. The summed E-state index contributed by atoms with van der Waals surface area (Å²) in [6, 6.07) is 4.68. The molecule has 0 atom stereocenters. The number of pyridine rings is 1. The topological polar surface area (TPSA) is 86.1 Å². The normalized spacial score (nSPS) is 19.1. The summed E-state index contributed by atoms with van der Waals surface area (Å²) in [7, 11) is -1.50. The average molecular weight is 308 g/mol. The van der Waals surface area contributed by atoms with E-state index in [0.717, 1.165) is 25.9 Å². The van der Waals surface area contributed by atoms with Gasteiger partial charge in [-0.15, -0.1) is 0 Å². The molecule has 0 amide bonds. The summed E-state index contributed by atoms with van der Waals surface area (Å²) in [5.41, 5.74) is 0.191. The van der Waals surface area contributed by atoms with Crippen molar-refractivity contribution in [1.29, 1.82) is 5.26 Å². The number of aromatic nitrogens is 1. The lowest BCUT2D eigenvalue weighted by molar-refractivity contribution is 0.143. The predicted molar refractivity (Wildman–Crippen MR) is 79.0 cm³/mol. The van der Waals surface area contributed by atoms with Gasteiger partial charge in [0.2, 0.25) is 10.0 Å². The molecule has 7 heteroatoms. The zero-order valence-corrected chi connectivity index (χ0v) is 13.2. The Balaban J connectivity index is 2.02. The number of sulfonamides is 1. The Morgan fingerprint density at radius 2 is 2.10 bits per heavy atom. The van der Waals surface area contributed by atoms with Crippen LogP contribution in [0.3, 0.4) is 0 Å². The average Bonchev–Trinajstić information content (AvgIpc) is 2.49. The fraction of sp³-hybridized carbons (Fsp3) is 0.571. The highest BCUT2D eigenvalue weighted by atomic mass is 32.2. The van der Waals surface area contributed by atoms with E-state index >= 15 is 0 Å². The summed E-state index contributed by atoms with van der Waals surface area (Å²) in [4.78, 5) is 6.14. The number of nitrogens with one attached hydrogen (secondary N) is 1. The van der Waals surface area contributed by atoms with Gasteiger partial charge >= 0.3 is 0 Å². The van der Waals surface area contributed by atoms with Gasteiger partial charge in [-0.05, 0) is 50.5 Å². The number of hydrogen-bond acceptors (Lipinski definition) is 5. The molecule has 0 aliphatic carbocycles. The fourth-order valence-corrected chi connectivity index (χ4v) is 3.44. The van der Waals surface area contributed by atoms with E-state index in [9.17, 15) is 8.42 Å². The van der Waals surface area contributed by atoms with E-state index < -0.39 is 10.0 Å². The van der Waals surface area contributed by atoms with Crippen molar-refractivity contribution in [2.45, 2.75) is 24.7 Å². The lowest BCUT2D eigenvalue weighted by atomic mass is 9.81. The molecule has 1 saturated heterocycles. The van der Waals surface area contributed by atoms with Gasteiger partial charge < -0.3 is 4.90 Å². The summed E-state index contributed by atoms with van der Waals surface area (Å²) >= 11 is 0. The molecule has 0 radical (unpaired) electrons.